The molecule has 1 N–H and O–H groups in total. The zero-order valence-corrected chi connectivity index (χ0v) is 12.6. The molecule has 126 valence electrons. The molecule has 0 aliphatic carbocycles. The number of halogens is 1. The average Bonchev–Trinajstić information content (AvgIpc) is 3.05. The molecule has 24 heavy (non-hydrogen) atoms. The van der Waals surface area contributed by atoms with Gasteiger partial charge in [0.05, 0.1) is 17.9 Å². The average molecular weight is 334 g/mol. The highest BCUT2D eigenvalue weighted by molar-refractivity contribution is 5.89. The molecule has 1 aliphatic rings. The van der Waals surface area contributed by atoms with Crippen molar-refractivity contribution >= 4 is 5.97 Å². The Hall–Kier alpha value is -2.74. The van der Waals surface area contributed by atoms with Gasteiger partial charge in [-0.3, -0.25) is 14.3 Å². The number of hydrogen-bond donors (Lipinski definition) is 1. The van der Waals surface area contributed by atoms with Crippen LogP contribution in [-0.2, 0) is 9.47 Å². The maximum absolute atomic E-state index is 13.3. The summed E-state index contributed by atoms with van der Waals surface area (Å²) >= 11 is 0. The summed E-state index contributed by atoms with van der Waals surface area (Å²) in [6.45, 7) is 0.0326. The van der Waals surface area contributed by atoms with E-state index in [1.54, 1.807) is 30.3 Å². The molecule has 0 radical (unpaired) electrons. The Balaban J connectivity index is 1.60. The molecule has 1 aromatic heterocycles. The number of aromatic nitrogens is 2. The summed E-state index contributed by atoms with van der Waals surface area (Å²) in [6.07, 6.45) is 0.706. The second-order valence-electron chi connectivity index (χ2n) is 5.40. The number of nitrogens with one attached hydrogen (secondary N) is 1. The largest absolute Gasteiger partial charge is 0.459 e. The Kier molecular flexibility index (Phi) is 4.57. The first kappa shape index (κ1) is 16.1. The van der Waals surface area contributed by atoms with Gasteiger partial charge < -0.3 is 9.47 Å². The van der Waals surface area contributed by atoms with Crippen molar-refractivity contribution in [1.29, 1.82) is 0 Å². The van der Waals surface area contributed by atoms with Gasteiger partial charge >= 0.3 is 11.7 Å². The van der Waals surface area contributed by atoms with Gasteiger partial charge in [-0.1, -0.05) is 18.2 Å². The van der Waals surface area contributed by atoms with E-state index < -0.39 is 35.4 Å². The van der Waals surface area contributed by atoms with E-state index in [0.29, 0.717) is 18.4 Å². The van der Waals surface area contributed by atoms with Crippen molar-refractivity contribution in [1.82, 2.24) is 9.55 Å². The minimum atomic E-state index is -1.07. The molecule has 0 amide bonds. The van der Waals surface area contributed by atoms with Crippen LogP contribution in [0.15, 0.2) is 46.1 Å². The minimum Gasteiger partial charge on any atom is -0.459 e. The van der Waals surface area contributed by atoms with Gasteiger partial charge in [0, 0.05) is 0 Å². The van der Waals surface area contributed by atoms with Crippen molar-refractivity contribution in [3.63, 3.8) is 0 Å². The third kappa shape index (κ3) is 3.43. The van der Waals surface area contributed by atoms with Gasteiger partial charge in [-0.05, 0) is 25.0 Å². The van der Waals surface area contributed by atoms with Crippen molar-refractivity contribution in [3.05, 3.63) is 68.7 Å². The van der Waals surface area contributed by atoms with Gasteiger partial charge in [0.1, 0.15) is 12.8 Å². The predicted octanol–water partition coefficient (Wildman–Crippen LogP) is 1.21. The van der Waals surface area contributed by atoms with Crippen molar-refractivity contribution < 1.29 is 18.7 Å². The van der Waals surface area contributed by atoms with Gasteiger partial charge in [-0.25, -0.2) is 9.59 Å². The maximum atomic E-state index is 13.3. The van der Waals surface area contributed by atoms with E-state index in [0.717, 1.165) is 10.8 Å². The van der Waals surface area contributed by atoms with E-state index in [2.05, 4.69) is 0 Å². The highest BCUT2D eigenvalue weighted by Crippen LogP contribution is 2.27. The first-order valence-corrected chi connectivity index (χ1v) is 7.43. The molecule has 0 bridgehead atoms. The quantitative estimate of drug-likeness (QED) is 0.849. The smallest absolute Gasteiger partial charge is 0.338 e. The number of rotatable bonds is 4. The summed E-state index contributed by atoms with van der Waals surface area (Å²) in [4.78, 5) is 36.5. The van der Waals surface area contributed by atoms with E-state index in [1.165, 1.54) is 0 Å². The Morgan fingerprint density at radius 3 is 2.79 bits per heavy atom. The van der Waals surface area contributed by atoms with Gasteiger partial charge in [0.15, 0.2) is 0 Å². The number of ether oxygens (including phenoxy) is 2. The molecule has 1 aliphatic heterocycles. The van der Waals surface area contributed by atoms with E-state index in [4.69, 9.17) is 9.47 Å². The number of esters is 1. The van der Waals surface area contributed by atoms with Gasteiger partial charge in [0.25, 0.3) is 5.56 Å². The van der Waals surface area contributed by atoms with Crippen LogP contribution in [0.3, 0.4) is 0 Å². The van der Waals surface area contributed by atoms with Crippen LogP contribution in [0.25, 0.3) is 0 Å². The zero-order chi connectivity index (χ0) is 17.1. The van der Waals surface area contributed by atoms with Gasteiger partial charge in [-0.2, -0.15) is 4.39 Å². The second-order valence-corrected chi connectivity index (χ2v) is 5.40. The molecule has 0 saturated carbocycles. The summed E-state index contributed by atoms with van der Waals surface area (Å²) in [5.41, 5.74) is -1.37. The number of nitrogens with zero attached hydrogens (tertiary/aromatic N) is 1. The molecule has 1 saturated heterocycles. The van der Waals surface area contributed by atoms with Crippen molar-refractivity contribution in [3.8, 4) is 0 Å². The lowest BCUT2D eigenvalue weighted by molar-refractivity contribution is -0.0343. The Bertz CT molecular complexity index is 846. The van der Waals surface area contributed by atoms with Crippen molar-refractivity contribution in [2.45, 2.75) is 25.2 Å². The lowest BCUT2D eigenvalue weighted by atomic mass is 10.2. The molecule has 2 heterocycles. The van der Waals surface area contributed by atoms with Crippen LogP contribution in [0.1, 0.15) is 29.4 Å². The number of H-pyrrole nitrogens is 1. The fourth-order valence-corrected chi connectivity index (χ4v) is 2.51. The minimum absolute atomic E-state index is 0.0326. The zero-order valence-electron chi connectivity index (χ0n) is 12.6. The van der Waals surface area contributed by atoms with Gasteiger partial charge in [0.2, 0.25) is 5.82 Å². The Morgan fingerprint density at radius 2 is 2.04 bits per heavy atom. The highest BCUT2D eigenvalue weighted by Gasteiger charge is 2.29. The van der Waals surface area contributed by atoms with E-state index in [9.17, 15) is 18.8 Å². The van der Waals surface area contributed by atoms with Crippen LogP contribution in [0.5, 0.6) is 0 Å². The third-order valence-corrected chi connectivity index (χ3v) is 3.73. The van der Waals surface area contributed by atoms with Crippen molar-refractivity contribution in [2.75, 3.05) is 6.61 Å². The topological polar surface area (TPSA) is 90.4 Å². The standard InChI is InChI=1S/C16H15FN2O5/c17-12-8-19(16(22)18-14(12)20)13-7-6-11(24-13)9-23-15(21)10-4-2-1-3-5-10/h1-5,8,11,13H,6-7,9H2,(H,18,20,22). The van der Waals surface area contributed by atoms with Gasteiger partial charge in [-0.15, -0.1) is 0 Å². The first-order valence-electron chi connectivity index (χ1n) is 7.43. The second kappa shape index (κ2) is 6.79. The van der Waals surface area contributed by atoms with Crippen LogP contribution in [-0.4, -0.2) is 28.2 Å². The fourth-order valence-electron chi connectivity index (χ4n) is 2.51. The Labute approximate surface area is 135 Å². The van der Waals surface area contributed by atoms with E-state index >= 15 is 0 Å². The SMILES string of the molecule is O=C(OCC1CCC(n2cc(F)c(=O)[nH]c2=O)O1)c1ccccc1. The van der Waals surface area contributed by atoms with Crippen LogP contribution in [0, 0.1) is 5.82 Å². The first-order chi connectivity index (χ1) is 11.5. The number of aromatic amines is 1. The Morgan fingerprint density at radius 1 is 1.29 bits per heavy atom. The molecule has 8 heteroatoms. The molecule has 1 aromatic carbocycles. The summed E-state index contributed by atoms with van der Waals surface area (Å²) in [6, 6.07) is 8.54. The summed E-state index contributed by atoms with van der Waals surface area (Å²) in [7, 11) is 0. The van der Waals surface area contributed by atoms with Crippen LogP contribution in [0.2, 0.25) is 0 Å². The number of hydrogen-bond acceptors (Lipinski definition) is 5. The normalized spacial score (nSPS) is 20.0. The van der Waals surface area contributed by atoms with Crippen molar-refractivity contribution in [2.24, 2.45) is 0 Å². The lowest BCUT2D eigenvalue weighted by Gasteiger charge is -2.15. The lowest BCUT2D eigenvalue weighted by Crippen LogP contribution is -2.34. The summed E-state index contributed by atoms with van der Waals surface area (Å²) < 4.78 is 25.1. The summed E-state index contributed by atoms with van der Waals surface area (Å²) in [5.74, 6) is -1.52. The van der Waals surface area contributed by atoms with E-state index in [1.807, 2.05) is 4.98 Å². The fraction of sp³-hybridized carbons (Fsp3) is 0.312. The molecule has 3 rings (SSSR count). The number of carbonyl (C=O) groups excluding carboxylic acids is 1. The summed E-state index contributed by atoms with van der Waals surface area (Å²) in [5, 5.41) is 0. The molecule has 2 atom stereocenters. The molecule has 2 unspecified atom stereocenters. The highest BCUT2D eigenvalue weighted by atomic mass is 19.1. The monoisotopic (exact) mass is 334 g/mol. The molecular formula is C16H15FN2O5. The van der Waals surface area contributed by atoms with Crippen LogP contribution >= 0.6 is 0 Å². The predicted molar refractivity (Wildman–Crippen MR) is 81.1 cm³/mol. The molecule has 7 nitrogen and oxygen atoms in total. The number of carbonyl (C=O) groups is 1. The maximum Gasteiger partial charge on any atom is 0.338 e. The molecule has 2 aromatic rings. The molecule has 1 fully saturated rings. The molecule has 0 spiro atoms. The van der Waals surface area contributed by atoms with Crippen LogP contribution in [0.4, 0.5) is 4.39 Å². The number of benzene rings is 1. The van der Waals surface area contributed by atoms with E-state index in [-0.39, 0.29) is 6.61 Å². The van der Waals surface area contributed by atoms with Crippen LogP contribution < -0.4 is 11.2 Å². The third-order valence-electron chi connectivity index (χ3n) is 3.73. The molecular weight excluding hydrogens is 319 g/mol.